The summed E-state index contributed by atoms with van der Waals surface area (Å²) in [7, 11) is 8.52. The first-order valence-corrected chi connectivity index (χ1v) is 19.3. The number of hydrogen-bond donors (Lipinski definition) is 2. The molecular weight excluding hydrogens is 681 g/mol. The van der Waals surface area contributed by atoms with E-state index in [2.05, 4.69) is 15.6 Å². The van der Waals surface area contributed by atoms with Crippen molar-refractivity contribution in [1.29, 1.82) is 0 Å². The van der Waals surface area contributed by atoms with Gasteiger partial charge in [-0.3, -0.25) is 24.1 Å². The van der Waals surface area contributed by atoms with Gasteiger partial charge in [0.2, 0.25) is 23.6 Å². The number of methoxy groups -OCH3 is 2. The predicted molar refractivity (Wildman–Crippen MR) is 205 cm³/mol. The number of nitrogens with one attached hydrogen (secondary N) is 2. The fourth-order valence-corrected chi connectivity index (χ4v) is 8.03. The summed E-state index contributed by atoms with van der Waals surface area (Å²) in [5, 5.41) is 8.94. The molecule has 0 spiro atoms. The molecule has 2 aromatic rings. The number of likely N-dealkylation sites (N-methyl/N-ethyl adjacent to an activating group) is 2. The smallest absolute Gasteiger partial charge is 0.245 e. The monoisotopic (exact) mass is 742 g/mol. The summed E-state index contributed by atoms with van der Waals surface area (Å²) in [5.74, 6) is -1.37. The van der Waals surface area contributed by atoms with Crippen LogP contribution in [-0.2, 0) is 35.1 Å². The molecule has 8 atom stereocenters. The lowest BCUT2D eigenvalue weighted by molar-refractivity contribution is -0.146. The quantitative estimate of drug-likeness (QED) is 0.219. The van der Waals surface area contributed by atoms with Crippen LogP contribution in [0.15, 0.2) is 41.9 Å². The van der Waals surface area contributed by atoms with Crippen LogP contribution in [0.4, 0.5) is 0 Å². The number of ether oxygens (including phenoxy) is 2. The van der Waals surface area contributed by atoms with Crippen LogP contribution in [0.1, 0.15) is 77.4 Å². The number of thiazole rings is 1. The van der Waals surface area contributed by atoms with E-state index in [0.717, 1.165) is 17.0 Å². The molecule has 1 aromatic heterocycles. The maximum absolute atomic E-state index is 14.0. The number of rotatable bonds is 19. The van der Waals surface area contributed by atoms with E-state index in [1.165, 1.54) is 11.3 Å². The Hall–Kier alpha value is -3.39. The molecule has 13 heteroatoms. The average molecular weight is 743 g/mol. The van der Waals surface area contributed by atoms with Gasteiger partial charge in [-0.05, 0) is 57.7 Å². The van der Waals surface area contributed by atoms with Gasteiger partial charge in [-0.25, -0.2) is 4.98 Å². The van der Waals surface area contributed by atoms with E-state index in [0.29, 0.717) is 19.4 Å². The van der Waals surface area contributed by atoms with Crippen LogP contribution in [0.3, 0.4) is 0 Å². The van der Waals surface area contributed by atoms with Crippen LogP contribution >= 0.6 is 11.3 Å². The molecule has 2 N–H and O–H groups in total. The molecule has 12 nitrogen and oxygen atoms in total. The van der Waals surface area contributed by atoms with Gasteiger partial charge in [-0.15, -0.1) is 11.3 Å². The van der Waals surface area contributed by atoms with Crippen molar-refractivity contribution in [2.24, 2.45) is 17.8 Å². The Morgan fingerprint density at radius 3 is 2.15 bits per heavy atom. The second-order valence-corrected chi connectivity index (χ2v) is 15.9. The fraction of sp³-hybridized carbons (Fsp3) is 0.667. The Bertz CT molecular complexity index is 1420. The third kappa shape index (κ3) is 11.1. The van der Waals surface area contributed by atoms with Crippen molar-refractivity contribution in [3.63, 3.8) is 0 Å². The highest BCUT2D eigenvalue weighted by Crippen LogP contribution is 2.29. The van der Waals surface area contributed by atoms with Gasteiger partial charge in [-0.2, -0.15) is 0 Å². The first-order valence-electron chi connectivity index (χ1n) is 18.4. The normalized spacial score (nSPS) is 18.8. The number of likely N-dealkylation sites (tertiary alicyclic amines) is 1. The number of carbonyl (C=O) groups excluding carboxylic acids is 4. The molecule has 1 aromatic carbocycles. The van der Waals surface area contributed by atoms with E-state index in [1.807, 2.05) is 101 Å². The molecule has 0 saturated carbocycles. The van der Waals surface area contributed by atoms with Crippen molar-refractivity contribution in [1.82, 2.24) is 30.3 Å². The number of aromatic nitrogens is 1. The minimum Gasteiger partial charge on any atom is -0.379 e. The van der Waals surface area contributed by atoms with Gasteiger partial charge in [0, 0.05) is 39.4 Å². The van der Waals surface area contributed by atoms with Crippen molar-refractivity contribution >= 4 is 35.0 Å². The van der Waals surface area contributed by atoms with Crippen molar-refractivity contribution in [2.45, 2.75) is 110 Å². The Morgan fingerprint density at radius 1 is 0.942 bits per heavy atom. The van der Waals surface area contributed by atoms with E-state index >= 15 is 0 Å². The zero-order valence-corrected chi connectivity index (χ0v) is 33.8. The Labute approximate surface area is 315 Å². The highest BCUT2D eigenvalue weighted by atomic mass is 32.1. The lowest BCUT2D eigenvalue weighted by atomic mass is 9.93. The Balaban J connectivity index is 1.70. The molecule has 0 bridgehead atoms. The highest BCUT2D eigenvalue weighted by Gasteiger charge is 2.42. The zero-order chi connectivity index (χ0) is 38.7. The van der Waals surface area contributed by atoms with Crippen LogP contribution in [0, 0.1) is 17.8 Å². The van der Waals surface area contributed by atoms with Gasteiger partial charge in [0.1, 0.15) is 11.0 Å². The van der Waals surface area contributed by atoms with Gasteiger partial charge in [-0.1, -0.05) is 65.0 Å². The van der Waals surface area contributed by atoms with Crippen molar-refractivity contribution in [2.75, 3.05) is 41.9 Å². The van der Waals surface area contributed by atoms with E-state index < -0.39 is 30.2 Å². The molecule has 2 heterocycles. The maximum Gasteiger partial charge on any atom is 0.245 e. The number of benzene rings is 1. The second kappa shape index (κ2) is 20.2. The molecule has 1 aliphatic rings. The van der Waals surface area contributed by atoms with Crippen LogP contribution in [0.25, 0.3) is 0 Å². The molecule has 1 aliphatic heterocycles. The van der Waals surface area contributed by atoms with Crippen LogP contribution in [0.5, 0.6) is 0 Å². The third-order valence-corrected chi connectivity index (χ3v) is 11.3. The summed E-state index contributed by atoms with van der Waals surface area (Å²) in [6, 6.07) is 7.80. The van der Waals surface area contributed by atoms with Crippen LogP contribution in [-0.4, -0.2) is 122 Å². The SMILES string of the molecule is CO[C@H]([C@@H](C)C(=O)N[C@@H](Cc1ccccc1)c1nccs1)[C@@H]1CCCN1C(=O)C[C@@H](OC)[C@H](C)N(C)C(=O)[C@@H](NC(=O)[C@H](C(C)C)N(C)C)C(C)C. The predicted octanol–water partition coefficient (Wildman–Crippen LogP) is 4.16. The molecule has 52 heavy (non-hydrogen) atoms. The first-order chi connectivity index (χ1) is 24.6. The number of carbonyl (C=O) groups is 4. The largest absolute Gasteiger partial charge is 0.379 e. The topological polar surface area (TPSA) is 133 Å². The number of amides is 4. The molecule has 0 aliphatic carbocycles. The van der Waals surface area contributed by atoms with Crippen molar-refractivity contribution in [3.8, 4) is 0 Å². The fourth-order valence-electron chi connectivity index (χ4n) is 7.34. The summed E-state index contributed by atoms with van der Waals surface area (Å²) in [4.78, 5) is 64.6. The summed E-state index contributed by atoms with van der Waals surface area (Å²) in [5.41, 5.74) is 1.09. The molecule has 1 fully saturated rings. The lowest BCUT2D eigenvalue weighted by Gasteiger charge is -2.37. The summed E-state index contributed by atoms with van der Waals surface area (Å²) < 4.78 is 11.8. The van der Waals surface area contributed by atoms with Gasteiger partial charge in [0.05, 0.1) is 48.7 Å². The van der Waals surface area contributed by atoms with Crippen LogP contribution < -0.4 is 10.6 Å². The minimum atomic E-state index is -0.740. The van der Waals surface area contributed by atoms with Crippen molar-refractivity contribution < 1.29 is 28.7 Å². The van der Waals surface area contributed by atoms with Gasteiger partial charge < -0.3 is 29.9 Å². The summed E-state index contributed by atoms with van der Waals surface area (Å²) in [6.07, 6.45) is 2.74. The van der Waals surface area contributed by atoms with Gasteiger partial charge in [0.15, 0.2) is 0 Å². The van der Waals surface area contributed by atoms with E-state index in [9.17, 15) is 19.2 Å². The number of hydrogen-bond acceptors (Lipinski definition) is 9. The molecule has 3 rings (SSSR count). The zero-order valence-electron chi connectivity index (χ0n) is 33.0. The van der Waals surface area contributed by atoms with Crippen molar-refractivity contribution in [3.05, 3.63) is 52.5 Å². The lowest BCUT2D eigenvalue weighted by Crippen LogP contribution is -2.58. The molecule has 1 saturated heterocycles. The van der Waals surface area contributed by atoms with Gasteiger partial charge in [0.25, 0.3) is 0 Å². The first kappa shape index (κ1) is 43.0. The highest BCUT2D eigenvalue weighted by molar-refractivity contribution is 7.09. The summed E-state index contributed by atoms with van der Waals surface area (Å²) >= 11 is 1.50. The maximum atomic E-state index is 14.0. The molecule has 0 unspecified atom stereocenters. The Kier molecular flexibility index (Phi) is 16.7. The van der Waals surface area contributed by atoms with Gasteiger partial charge >= 0.3 is 0 Å². The minimum absolute atomic E-state index is 0.0424. The molecular formula is C39H62N6O6S. The van der Waals surface area contributed by atoms with Crippen LogP contribution in [0.2, 0.25) is 0 Å². The molecule has 290 valence electrons. The Morgan fingerprint density at radius 2 is 1.62 bits per heavy atom. The number of nitrogens with zero attached hydrogens (tertiary/aromatic N) is 4. The van der Waals surface area contributed by atoms with E-state index in [1.54, 1.807) is 32.4 Å². The molecule has 4 amide bonds. The average Bonchev–Trinajstić information content (AvgIpc) is 3.82. The molecule has 0 radical (unpaired) electrons. The third-order valence-electron chi connectivity index (χ3n) is 10.4. The standard InChI is InChI=1S/C39H62N6O6S/c1-24(2)33(42-37(48)34(25(3)4)43(7)8)39(49)44(9)27(6)31(50-10)23-32(46)45-20-15-18-30(45)35(51-11)26(5)36(47)41-29(38-40-19-21-52-38)22-28-16-13-12-14-17-28/h12-14,16-17,19,21,24-27,29-31,33-35H,15,18,20,22-23H2,1-11H3,(H,41,47)(H,42,48)/t26-,27+,29+,30+,31-,33+,34+,35-/m1/s1. The van der Waals surface area contributed by atoms with E-state index in [-0.39, 0.29) is 60.0 Å². The van der Waals surface area contributed by atoms with E-state index in [4.69, 9.17) is 9.47 Å². The second-order valence-electron chi connectivity index (χ2n) is 15.0. The summed E-state index contributed by atoms with van der Waals surface area (Å²) in [6.45, 7) is 12.0.